The van der Waals surface area contributed by atoms with Gasteiger partial charge in [-0.1, -0.05) is 18.2 Å². The number of methoxy groups -OCH3 is 1. The van der Waals surface area contributed by atoms with Crippen molar-refractivity contribution in [3.8, 4) is 5.75 Å². The topological polar surface area (TPSA) is 50.4 Å². The van der Waals surface area contributed by atoms with Crippen molar-refractivity contribution in [1.29, 1.82) is 0 Å². The quantitative estimate of drug-likeness (QED) is 0.751. The van der Waals surface area contributed by atoms with E-state index in [1.165, 1.54) is 5.56 Å². The van der Waals surface area contributed by atoms with Crippen molar-refractivity contribution >= 4 is 5.91 Å². The molecule has 1 aromatic rings. The second kappa shape index (κ2) is 7.90. The Bertz CT molecular complexity index is 425. The lowest BCUT2D eigenvalue weighted by Gasteiger charge is -2.20. The zero-order valence-corrected chi connectivity index (χ0v) is 13.0. The monoisotopic (exact) mass is 278 g/mol. The van der Waals surface area contributed by atoms with Gasteiger partial charge in [0.2, 0.25) is 5.91 Å². The van der Waals surface area contributed by atoms with Gasteiger partial charge in [0.15, 0.2) is 0 Å². The van der Waals surface area contributed by atoms with Crippen LogP contribution in [-0.2, 0) is 11.2 Å². The van der Waals surface area contributed by atoms with Crippen molar-refractivity contribution in [2.45, 2.75) is 39.2 Å². The summed E-state index contributed by atoms with van der Waals surface area (Å²) in [7, 11) is 1.68. The molecule has 0 radical (unpaired) electrons. The summed E-state index contributed by atoms with van der Waals surface area (Å²) < 4.78 is 5.30. The molecule has 1 rings (SSSR count). The predicted molar refractivity (Wildman–Crippen MR) is 82.1 cm³/mol. The summed E-state index contributed by atoms with van der Waals surface area (Å²) in [5.74, 6) is 1.00. The molecular weight excluding hydrogens is 252 g/mol. The van der Waals surface area contributed by atoms with Crippen molar-refractivity contribution in [3.05, 3.63) is 29.8 Å². The van der Waals surface area contributed by atoms with Crippen LogP contribution in [0.2, 0.25) is 0 Å². The Kier molecular flexibility index (Phi) is 6.52. The minimum atomic E-state index is -0.158. The number of amides is 1. The van der Waals surface area contributed by atoms with E-state index >= 15 is 0 Å². The Labute approximate surface area is 121 Å². The molecule has 0 aliphatic carbocycles. The van der Waals surface area contributed by atoms with Crippen molar-refractivity contribution < 1.29 is 9.53 Å². The Morgan fingerprint density at radius 2 is 1.90 bits per heavy atom. The van der Waals surface area contributed by atoms with E-state index in [2.05, 4.69) is 16.7 Å². The fourth-order valence-corrected chi connectivity index (χ4v) is 1.94. The molecule has 0 fully saturated rings. The van der Waals surface area contributed by atoms with Gasteiger partial charge in [-0.15, -0.1) is 0 Å². The number of benzene rings is 1. The fourth-order valence-electron chi connectivity index (χ4n) is 1.94. The van der Waals surface area contributed by atoms with E-state index in [-0.39, 0.29) is 11.4 Å². The van der Waals surface area contributed by atoms with Crippen LogP contribution in [0.4, 0.5) is 0 Å². The van der Waals surface area contributed by atoms with Crippen LogP contribution < -0.4 is 15.4 Å². The smallest absolute Gasteiger partial charge is 0.221 e. The van der Waals surface area contributed by atoms with Gasteiger partial charge in [0.1, 0.15) is 5.75 Å². The van der Waals surface area contributed by atoms with Crippen LogP contribution in [0.15, 0.2) is 24.3 Å². The van der Waals surface area contributed by atoms with Gasteiger partial charge in [-0.05, 0) is 45.4 Å². The van der Waals surface area contributed by atoms with E-state index in [1.54, 1.807) is 7.11 Å². The van der Waals surface area contributed by atoms with Gasteiger partial charge in [0.25, 0.3) is 0 Å². The lowest BCUT2D eigenvalue weighted by atomic mass is 10.1. The summed E-state index contributed by atoms with van der Waals surface area (Å²) in [5.41, 5.74) is 1.02. The molecule has 0 aliphatic heterocycles. The van der Waals surface area contributed by atoms with E-state index in [4.69, 9.17) is 4.74 Å². The van der Waals surface area contributed by atoms with Gasteiger partial charge in [-0.3, -0.25) is 4.79 Å². The number of carbonyl (C=O) groups excluding carboxylic acids is 1. The molecule has 1 amide bonds. The number of ether oxygens (including phenoxy) is 1. The first-order valence-electron chi connectivity index (χ1n) is 7.06. The third-order valence-electron chi connectivity index (χ3n) is 2.81. The van der Waals surface area contributed by atoms with Crippen molar-refractivity contribution in [3.63, 3.8) is 0 Å². The maximum Gasteiger partial charge on any atom is 0.221 e. The lowest BCUT2D eigenvalue weighted by molar-refractivity contribution is -0.122. The number of para-hydroxylation sites is 1. The van der Waals surface area contributed by atoms with Crippen LogP contribution in [-0.4, -0.2) is 31.6 Å². The largest absolute Gasteiger partial charge is 0.496 e. The maximum absolute atomic E-state index is 11.6. The number of nitrogens with one attached hydrogen (secondary N) is 2. The minimum absolute atomic E-state index is 0.0855. The highest BCUT2D eigenvalue weighted by Gasteiger charge is 2.12. The van der Waals surface area contributed by atoms with Crippen molar-refractivity contribution in [2.24, 2.45) is 0 Å². The fraction of sp³-hybridized carbons (Fsp3) is 0.562. The molecule has 0 saturated carbocycles. The molecule has 0 aliphatic rings. The molecule has 4 heteroatoms. The predicted octanol–water partition coefficient (Wildman–Crippen LogP) is 2.13. The van der Waals surface area contributed by atoms with E-state index in [9.17, 15) is 4.79 Å². The third kappa shape index (κ3) is 6.57. The van der Waals surface area contributed by atoms with Gasteiger partial charge < -0.3 is 15.4 Å². The first-order valence-corrected chi connectivity index (χ1v) is 7.06. The molecule has 0 heterocycles. The van der Waals surface area contributed by atoms with Gasteiger partial charge in [0.05, 0.1) is 7.11 Å². The molecule has 0 bridgehead atoms. The van der Waals surface area contributed by atoms with Crippen molar-refractivity contribution in [2.75, 3.05) is 20.2 Å². The van der Waals surface area contributed by atoms with Gasteiger partial charge in [0, 0.05) is 18.5 Å². The van der Waals surface area contributed by atoms with Crippen LogP contribution >= 0.6 is 0 Å². The summed E-state index contributed by atoms with van der Waals surface area (Å²) in [6, 6.07) is 8.00. The first-order chi connectivity index (χ1) is 9.42. The molecule has 0 saturated heterocycles. The Morgan fingerprint density at radius 1 is 1.20 bits per heavy atom. The average Bonchev–Trinajstić information content (AvgIpc) is 2.36. The Hall–Kier alpha value is -1.55. The SMILES string of the molecule is COc1ccccc1CCNCCC(=O)NC(C)(C)C. The van der Waals surface area contributed by atoms with Crippen LogP contribution in [0.1, 0.15) is 32.8 Å². The van der Waals surface area contributed by atoms with Crippen LogP contribution in [0.25, 0.3) is 0 Å². The number of hydrogen-bond donors (Lipinski definition) is 2. The van der Waals surface area contributed by atoms with Gasteiger partial charge in [-0.2, -0.15) is 0 Å². The third-order valence-corrected chi connectivity index (χ3v) is 2.81. The number of rotatable bonds is 7. The molecule has 112 valence electrons. The zero-order chi connectivity index (χ0) is 15.0. The lowest BCUT2D eigenvalue weighted by Crippen LogP contribution is -2.41. The molecule has 1 aromatic carbocycles. The van der Waals surface area contributed by atoms with Gasteiger partial charge in [-0.25, -0.2) is 0 Å². The van der Waals surface area contributed by atoms with E-state index in [1.807, 2.05) is 39.0 Å². The van der Waals surface area contributed by atoms with E-state index in [0.717, 1.165) is 18.7 Å². The second-order valence-corrected chi connectivity index (χ2v) is 5.86. The van der Waals surface area contributed by atoms with E-state index < -0.39 is 0 Å². The molecular formula is C16H26N2O2. The molecule has 0 spiro atoms. The highest BCUT2D eigenvalue weighted by atomic mass is 16.5. The average molecular weight is 278 g/mol. The molecule has 0 unspecified atom stereocenters. The molecule has 2 N–H and O–H groups in total. The highest BCUT2D eigenvalue weighted by molar-refractivity contribution is 5.76. The van der Waals surface area contributed by atoms with E-state index in [0.29, 0.717) is 13.0 Å². The summed E-state index contributed by atoms with van der Waals surface area (Å²) in [5, 5.41) is 6.23. The normalized spacial score (nSPS) is 11.2. The van der Waals surface area contributed by atoms with Crippen LogP contribution in [0.5, 0.6) is 5.75 Å². The molecule has 4 nitrogen and oxygen atoms in total. The summed E-state index contributed by atoms with van der Waals surface area (Å²) >= 11 is 0. The molecule has 20 heavy (non-hydrogen) atoms. The Morgan fingerprint density at radius 3 is 2.55 bits per heavy atom. The van der Waals surface area contributed by atoms with Crippen molar-refractivity contribution in [1.82, 2.24) is 10.6 Å². The number of carbonyl (C=O) groups is 1. The summed E-state index contributed by atoms with van der Waals surface area (Å²) in [4.78, 5) is 11.6. The first kappa shape index (κ1) is 16.5. The molecule has 0 atom stereocenters. The summed E-state index contributed by atoms with van der Waals surface area (Å²) in [6.07, 6.45) is 1.40. The number of hydrogen-bond acceptors (Lipinski definition) is 3. The molecule has 0 aromatic heterocycles. The van der Waals surface area contributed by atoms with Crippen LogP contribution in [0.3, 0.4) is 0 Å². The maximum atomic E-state index is 11.6. The standard InChI is InChI=1S/C16H26N2O2/c1-16(2,3)18-15(19)10-12-17-11-9-13-7-5-6-8-14(13)20-4/h5-8,17H,9-12H2,1-4H3,(H,18,19). The highest BCUT2D eigenvalue weighted by Crippen LogP contribution is 2.17. The van der Waals surface area contributed by atoms with Gasteiger partial charge >= 0.3 is 0 Å². The summed E-state index contributed by atoms with van der Waals surface area (Å²) in [6.45, 7) is 7.49. The minimum Gasteiger partial charge on any atom is -0.496 e. The van der Waals surface area contributed by atoms with Crippen LogP contribution in [0, 0.1) is 0 Å². The zero-order valence-electron chi connectivity index (χ0n) is 13.0. The second-order valence-electron chi connectivity index (χ2n) is 5.86. The Balaban J connectivity index is 2.21.